The predicted molar refractivity (Wildman–Crippen MR) is 85.4 cm³/mol. The van der Waals surface area contributed by atoms with Crippen LogP contribution in [0.1, 0.15) is 10.5 Å². The first kappa shape index (κ1) is 17.6. The summed E-state index contributed by atoms with van der Waals surface area (Å²) in [6, 6.07) is 4.89. The van der Waals surface area contributed by atoms with E-state index in [0.29, 0.717) is 11.8 Å². The number of rotatable bonds is 3. The standard InChI is InChI=1S/C13H8F2N4O2S.CH4O/c14-9-2-1-3-10(11(9)15)19-12(16-17-13(19)21)7-4-8(6-20)18(22)5-7;1-2/h1-6,22H,(H,17,21);2H,1H3. The number of hydrogen-bond donors (Lipinski definition) is 3. The van der Waals surface area contributed by atoms with Crippen molar-refractivity contribution in [1.82, 2.24) is 18.7 Å². The molecule has 7 nitrogen and oxygen atoms in total. The van der Waals surface area contributed by atoms with Crippen LogP contribution >= 0.6 is 12.8 Å². The molecule has 126 valence electrons. The minimum atomic E-state index is -1.17. The molecular weight excluding hydrogens is 342 g/mol. The van der Waals surface area contributed by atoms with E-state index in [-0.39, 0.29) is 17.2 Å². The van der Waals surface area contributed by atoms with E-state index in [0.717, 1.165) is 17.7 Å². The Balaban J connectivity index is 0.00000100. The monoisotopic (exact) mass is 354 g/mol. The number of aliphatic hydroxyl groups is 1. The minimum Gasteiger partial charge on any atom is -0.400 e. The first-order valence-electron chi connectivity index (χ1n) is 6.46. The highest BCUT2D eigenvalue weighted by Gasteiger charge is 2.19. The lowest BCUT2D eigenvalue weighted by Gasteiger charge is -2.06. The van der Waals surface area contributed by atoms with Gasteiger partial charge in [-0.2, -0.15) is 5.10 Å². The summed E-state index contributed by atoms with van der Waals surface area (Å²) in [5, 5.41) is 13.0. The summed E-state index contributed by atoms with van der Waals surface area (Å²) >= 11 is 4.04. The number of aldehydes is 1. The van der Waals surface area contributed by atoms with Gasteiger partial charge in [-0.15, -0.1) is 0 Å². The highest BCUT2D eigenvalue weighted by molar-refractivity contribution is 7.78. The number of aromatic amines is 1. The third-order valence-electron chi connectivity index (χ3n) is 3.05. The third kappa shape index (κ3) is 3.01. The number of carbonyl (C=O) groups excluding carboxylic acids is 1. The van der Waals surface area contributed by atoms with Gasteiger partial charge in [0, 0.05) is 18.9 Å². The number of benzene rings is 1. The average molecular weight is 354 g/mol. The maximum Gasteiger partial charge on any atom is 0.348 e. The molecule has 0 aliphatic carbocycles. The van der Waals surface area contributed by atoms with Crippen LogP contribution in [0.15, 0.2) is 35.3 Å². The van der Waals surface area contributed by atoms with Gasteiger partial charge in [-0.05, 0) is 18.2 Å². The molecule has 2 N–H and O–H groups in total. The molecule has 10 heteroatoms. The quantitative estimate of drug-likeness (QED) is 0.490. The van der Waals surface area contributed by atoms with Gasteiger partial charge in [0.15, 0.2) is 23.7 Å². The number of nitrogens with zero attached hydrogens (tertiary/aromatic N) is 3. The lowest BCUT2D eigenvalue weighted by Crippen LogP contribution is -2.17. The topological polar surface area (TPSA) is 92.9 Å². The van der Waals surface area contributed by atoms with E-state index in [1.165, 1.54) is 28.4 Å². The normalized spacial score (nSPS) is 10.2. The van der Waals surface area contributed by atoms with Crippen LogP contribution in [-0.4, -0.2) is 37.2 Å². The van der Waals surface area contributed by atoms with Gasteiger partial charge in [0.1, 0.15) is 0 Å². The van der Waals surface area contributed by atoms with Gasteiger partial charge in [-0.1, -0.05) is 18.9 Å². The zero-order valence-electron chi connectivity index (χ0n) is 12.3. The van der Waals surface area contributed by atoms with Crippen molar-refractivity contribution in [2.24, 2.45) is 0 Å². The zero-order chi connectivity index (χ0) is 17.9. The number of thiol groups is 1. The Kier molecular flexibility index (Phi) is 5.31. The second kappa shape index (κ2) is 7.23. The second-order valence-electron chi connectivity index (χ2n) is 4.38. The van der Waals surface area contributed by atoms with E-state index in [4.69, 9.17) is 5.11 Å². The summed E-state index contributed by atoms with van der Waals surface area (Å²) in [6.45, 7) is 0. The Labute approximate surface area is 139 Å². The van der Waals surface area contributed by atoms with Crippen molar-refractivity contribution in [3.63, 3.8) is 0 Å². The van der Waals surface area contributed by atoms with Crippen LogP contribution in [0.2, 0.25) is 0 Å². The van der Waals surface area contributed by atoms with Crippen molar-refractivity contribution in [3.05, 3.63) is 58.3 Å². The van der Waals surface area contributed by atoms with Gasteiger partial charge < -0.3 is 5.11 Å². The van der Waals surface area contributed by atoms with Crippen LogP contribution in [0, 0.1) is 11.6 Å². The maximum absolute atomic E-state index is 13.9. The number of nitrogens with one attached hydrogen (secondary N) is 1. The van der Waals surface area contributed by atoms with Crippen LogP contribution < -0.4 is 5.69 Å². The molecular formula is C14H12F2N4O3S. The van der Waals surface area contributed by atoms with E-state index in [1.807, 2.05) is 0 Å². The molecule has 1 aromatic carbocycles. The molecule has 0 atom stereocenters. The van der Waals surface area contributed by atoms with Crippen LogP contribution in [0.25, 0.3) is 17.1 Å². The first-order chi connectivity index (χ1) is 11.5. The van der Waals surface area contributed by atoms with Gasteiger partial charge in [0.2, 0.25) is 0 Å². The Morgan fingerprint density at radius 1 is 1.33 bits per heavy atom. The van der Waals surface area contributed by atoms with Gasteiger partial charge in [0.25, 0.3) is 0 Å². The highest BCUT2D eigenvalue weighted by atomic mass is 32.1. The van der Waals surface area contributed by atoms with Crippen LogP contribution in [-0.2, 0) is 0 Å². The molecule has 0 unspecified atom stereocenters. The largest absolute Gasteiger partial charge is 0.400 e. The number of aromatic nitrogens is 4. The van der Waals surface area contributed by atoms with Gasteiger partial charge in [0.05, 0.1) is 11.4 Å². The predicted octanol–water partition coefficient (Wildman–Crippen LogP) is 1.42. The van der Waals surface area contributed by atoms with Crippen LogP contribution in [0.3, 0.4) is 0 Å². The fourth-order valence-corrected chi connectivity index (χ4v) is 2.29. The summed E-state index contributed by atoms with van der Waals surface area (Å²) in [6.07, 6.45) is 1.99. The minimum absolute atomic E-state index is 0.0328. The fourth-order valence-electron chi connectivity index (χ4n) is 2.06. The summed E-state index contributed by atoms with van der Waals surface area (Å²) in [5.74, 6) is -2.23. The van der Waals surface area contributed by atoms with E-state index >= 15 is 0 Å². The van der Waals surface area contributed by atoms with Crippen molar-refractivity contribution in [2.45, 2.75) is 0 Å². The van der Waals surface area contributed by atoms with Gasteiger partial charge in [-0.25, -0.2) is 23.2 Å². The Morgan fingerprint density at radius 2 is 2.04 bits per heavy atom. The summed E-state index contributed by atoms with van der Waals surface area (Å²) in [5.41, 5.74) is -0.452. The zero-order valence-corrected chi connectivity index (χ0v) is 13.2. The SMILES string of the molecule is CO.O=Cc1cc(-c2n[nH]c(=O)n2-c2cccc(F)c2F)cn1S. The molecule has 0 spiro atoms. The molecule has 0 amide bonds. The number of carbonyl (C=O) groups is 1. The molecule has 0 radical (unpaired) electrons. The van der Waals surface area contributed by atoms with E-state index < -0.39 is 17.3 Å². The lowest BCUT2D eigenvalue weighted by molar-refractivity contribution is 0.111. The molecule has 2 heterocycles. The highest BCUT2D eigenvalue weighted by Crippen LogP contribution is 2.23. The fraction of sp³-hybridized carbons (Fsp3) is 0.0714. The van der Waals surface area contributed by atoms with Crippen molar-refractivity contribution in [2.75, 3.05) is 7.11 Å². The van der Waals surface area contributed by atoms with Gasteiger partial charge in [-0.3, -0.25) is 8.77 Å². The van der Waals surface area contributed by atoms with Crippen LogP contribution in [0.4, 0.5) is 8.78 Å². The number of hydrogen-bond acceptors (Lipinski definition) is 5. The average Bonchev–Trinajstić information content (AvgIpc) is 3.14. The smallest absolute Gasteiger partial charge is 0.348 e. The lowest BCUT2D eigenvalue weighted by atomic mass is 10.2. The third-order valence-corrected chi connectivity index (χ3v) is 3.40. The summed E-state index contributed by atoms with van der Waals surface area (Å²) < 4.78 is 29.4. The molecule has 0 aliphatic rings. The Hall–Kier alpha value is -2.72. The van der Waals surface area contributed by atoms with E-state index in [1.54, 1.807) is 0 Å². The number of H-pyrrole nitrogens is 1. The molecule has 3 rings (SSSR count). The van der Waals surface area contributed by atoms with Crippen molar-refractivity contribution < 1.29 is 18.7 Å². The summed E-state index contributed by atoms with van der Waals surface area (Å²) in [7, 11) is 1.00. The first-order valence-corrected chi connectivity index (χ1v) is 6.86. The molecule has 0 bridgehead atoms. The van der Waals surface area contributed by atoms with Gasteiger partial charge >= 0.3 is 5.69 Å². The molecule has 24 heavy (non-hydrogen) atoms. The van der Waals surface area contributed by atoms with Crippen LogP contribution in [0.5, 0.6) is 0 Å². The molecule has 0 fully saturated rings. The molecule has 2 aromatic heterocycles. The Bertz CT molecular complexity index is 932. The summed E-state index contributed by atoms with van der Waals surface area (Å²) in [4.78, 5) is 22.8. The van der Waals surface area contributed by atoms with Crippen molar-refractivity contribution >= 4 is 19.1 Å². The van der Waals surface area contributed by atoms with Crippen molar-refractivity contribution in [3.8, 4) is 17.1 Å². The molecule has 0 saturated carbocycles. The number of halogens is 2. The van der Waals surface area contributed by atoms with E-state index in [2.05, 4.69) is 23.0 Å². The maximum atomic E-state index is 13.9. The van der Waals surface area contributed by atoms with Crippen molar-refractivity contribution in [1.29, 1.82) is 0 Å². The molecule has 3 aromatic rings. The number of aliphatic hydroxyl groups excluding tert-OH is 1. The second-order valence-corrected chi connectivity index (χ2v) is 4.81. The molecule has 0 saturated heterocycles. The molecule has 0 aliphatic heterocycles. The Morgan fingerprint density at radius 3 is 2.67 bits per heavy atom. The van der Waals surface area contributed by atoms with E-state index in [9.17, 15) is 18.4 Å².